The molecule has 1 amide bonds. The molecular formula is C22H21F2N3O2. The number of nitrogens with zero attached hydrogens (tertiary/aromatic N) is 2. The number of nitrogens with one attached hydrogen (secondary N) is 1. The summed E-state index contributed by atoms with van der Waals surface area (Å²) >= 11 is 0. The van der Waals surface area contributed by atoms with Crippen LogP contribution in [0.5, 0.6) is 0 Å². The first-order chi connectivity index (χ1) is 13.9. The number of hydrogen-bond donors (Lipinski definition) is 2. The fourth-order valence-corrected chi connectivity index (χ4v) is 4.31. The molecule has 0 spiro atoms. The number of halogens is 2. The molecule has 1 aliphatic rings. The number of aromatic nitrogens is 2. The molecule has 1 unspecified atom stereocenters. The van der Waals surface area contributed by atoms with Crippen LogP contribution < -0.4 is 5.48 Å². The van der Waals surface area contributed by atoms with Crippen LogP contribution in [0.25, 0.3) is 0 Å². The number of amides is 1. The first-order valence-corrected chi connectivity index (χ1v) is 9.43. The van der Waals surface area contributed by atoms with Crippen molar-refractivity contribution in [3.05, 3.63) is 88.2 Å². The molecule has 3 aromatic rings. The number of rotatable bonds is 4. The Kier molecular flexibility index (Phi) is 4.92. The minimum atomic E-state index is -1.07. The third-order valence-corrected chi connectivity index (χ3v) is 5.88. The zero-order chi connectivity index (χ0) is 20.6. The first kappa shape index (κ1) is 19.3. The van der Waals surface area contributed by atoms with Crippen LogP contribution in [-0.4, -0.2) is 20.9 Å². The Morgan fingerprint density at radius 3 is 2.72 bits per heavy atom. The summed E-state index contributed by atoms with van der Waals surface area (Å²) in [6.45, 7) is 2.14. The predicted molar refractivity (Wildman–Crippen MR) is 102 cm³/mol. The molecule has 1 heterocycles. The molecule has 1 atom stereocenters. The number of carbonyl (C=O) groups excluding carboxylic acids is 1. The van der Waals surface area contributed by atoms with E-state index in [1.807, 2.05) is 4.68 Å². The van der Waals surface area contributed by atoms with Crippen molar-refractivity contribution in [2.24, 2.45) is 0 Å². The van der Waals surface area contributed by atoms with Gasteiger partial charge in [0.25, 0.3) is 5.91 Å². The highest BCUT2D eigenvalue weighted by Crippen LogP contribution is 2.41. The molecule has 150 valence electrons. The van der Waals surface area contributed by atoms with E-state index in [0.29, 0.717) is 36.9 Å². The lowest BCUT2D eigenvalue weighted by atomic mass is 9.67. The molecule has 29 heavy (non-hydrogen) atoms. The van der Waals surface area contributed by atoms with Gasteiger partial charge in [0.2, 0.25) is 0 Å². The number of benzene rings is 2. The number of fused-ring (bicyclic) bond motifs is 1. The molecule has 0 bridgehead atoms. The summed E-state index contributed by atoms with van der Waals surface area (Å²) in [5.41, 5.74) is 4.47. The topological polar surface area (TPSA) is 67.2 Å². The summed E-state index contributed by atoms with van der Waals surface area (Å²) in [5, 5.41) is 13.9. The van der Waals surface area contributed by atoms with Crippen LogP contribution in [0, 0.1) is 18.6 Å². The van der Waals surface area contributed by atoms with E-state index in [1.165, 1.54) is 18.2 Å². The van der Waals surface area contributed by atoms with Crippen LogP contribution in [0.1, 0.15) is 34.4 Å². The Bertz CT molecular complexity index is 1060. The predicted octanol–water partition coefficient (Wildman–Crippen LogP) is 3.45. The highest BCUT2D eigenvalue weighted by atomic mass is 19.1. The van der Waals surface area contributed by atoms with Crippen molar-refractivity contribution in [1.82, 2.24) is 15.3 Å². The highest BCUT2D eigenvalue weighted by molar-refractivity contribution is 5.88. The van der Waals surface area contributed by atoms with Crippen LogP contribution in [0.3, 0.4) is 0 Å². The second-order valence-electron chi connectivity index (χ2n) is 7.51. The molecule has 0 aliphatic heterocycles. The quantitative estimate of drug-likeness (QED) is 0.524. The number of carbonyl (C=O) groups is 1. The van der Waals surface area contributed by atoms with Gasteiger partial charge < -0.3 is 0 Å². The molecule has 0 fully saturated rings. The van der Waals surface area contributed by atoms with Crippen molar-refractivity contribution in [1.29, 1.82) is 0 Å². The van der Waals surface area contributed by atoms with E-state index in [0.717, 1.165) is 16.8 Å². The van der Waals surface area contributed by atoms with Crippen LogP contribution in [0.15, 0.2) is 48.7 Å². The van der Waals surface area contributed by atoms with E-state index in [9.17, 15) is 18.8 Å². The molecule has 0 saturated carbocycles. The molecule has 0 radical (unpaired) electrons. The Hall–Kier alpha value is -3.06. The number of hydrogen-bond acceptors (Lipinski definition) is 3. The maximum atomic E-state index is 14.2. The van der Waals surface area contributed by atoms with Gasteiger partial charge in [0.05, 0.1) is 18.2 Å². The maximum Gasteiger partial charge on any atom is 0.254 e. The second-order valence-corrected chi connectivity index (χ2v) is 7.51. The van der Waals surface area contributed by atoms with Gasteiger partial charge in [-0.1, -0.05) is 24.3 Å². The van der Waals surface area contributed by atoms with Crippen molar-refractivity contribution in [2.45, 2.75) is 38.1 Å². The Labute approximate surface area is 166 Å². The van der Waals surface area contributed by atoms with Gasteiger partial charge in [0.15, 0.2) is 0 Å². The zero-order valence-corrected chi connectivity index (χ0v) is 16.0. The van der Waals surface area contributed by atoms with Crippen LogP contribution >= 0.6 is 0 Å². The average Bonchev–Trinajstić information content (AvgIpc) is 3.12. The van der Waals surface area contributed by atoms with Gasteiger partial charge in [-0.2, -0.15) is 5.10 Å². The van der Waals surface area contributed by atoms with Gasteiger partial charge >= 0.3 is 0 Å². The minimum absolute atomic E-state index is 0.290. The van der Waals surface area contributed by atoms with Crippen molar-refractivity contribution < 1.29 is 18.8 Å². The maximum absolute atomic E-state index is 14.2. The normalized spacial score (nSPS) is 18.3. The van der Waals surface area contributed by atoms with Crippen molar-refractivity contribution in [3.63, 3.8) is 0 Å². The lowest BCUT2D eigenvalue weighted by molar-refractivity contribution is -0.135. The lowest BCUT2D eigenvalue weighted by Gasteiger charge is -2.36. The highest BCUT2D eigenvalue weighted by Gasteiger charge is 2.45. The van der Waals surface area contributed by atoms with Crippen molar-refractivity contribution in [3.8, 4) is 0 Å². The molecule has 7 heteroatoms. The molecule has 1 aromatic heterocycles. The Morgan fingerprint density at radius 2 is 2.00 bits per heavy atom. The summed E-state index contributed by atoms with van der Waals surface area (Å²) in [6.07, 6.45) is 2.97. The standard InChI is InChI=1S/C22H21F2N3O2/c1-14-18(3-2-4-19(14)24)22(21(28)26-29)10-9-20-16(11-22)12-25-27(20)13-15-5-7-17(23)8-6-15/h2-8,12,29H,9-11,13H2,1H3,(H,26,28). The summed E-state index contributed by atoms with van der Waals surface area (Å²) in [4.78, 5) is 12.7. The SMILES string of the molecule is Cc1c(F)cccc1C1(C(=O)NO)CCc2c(cnn2Cc2ccc(F)cc2)C1. The van der Waals surface area contributed by atoms with E-state index in [4.69, 9.17) is 0 Å². The van der Waals surface area contributed by atoms with E-state index in [-0.39, 0.29) is 11.6 Å². The Morgan fingerprint density at radius 1 is 1.24 bits per heavy atom. The second kappa shape index (κ2) is 7.40. The van der Waals surface area contributed by atoms with Crippen LogP contribution in [-0.2, 0) is 29.6 Å². The van der Waals surface area contributed by atoms with Crippen LogP contribution in [0.4, 0.5) is 8.78 Å². The van der Waals surface area contributed by atoms with E-state index >= 15 is 0 Å². The molecule has 5 nitrogen and oxygen atoms in total. The van der Waals surface area contributed by atoms with Crippen LogP contribution in [0.2, 0.25) is 0 Å². The van der Waals surface area contributed by atoms with Crippen molar-refractivity contribution in [2.75, 3.05) is 0 Å². The van der Waals surface area contributed by atoms with Gasteiger partial charge in [0, 0.05) is 5.69 Å². The molecular weight excluding hydrogens is 376 g/mol. The van der Waals surface area contributed by atoms with Crippen molar-refractivity contribution >= 4 is 5.91 Å². The van der Waals surface area contributed by atoms with E-state index in [2.05, 4.69) is 5.10 Å². The van der Waals surface area contributed by atoms with Gasteiger partial charge in [-0.05, 0) is 66.6 Å². The number of hydroxylamine groups is 1. The van der Waals surface area contributed by atoms with E-state index in [1.54, 1.807) is 42.9 Å². The smallest absolute Gasteiger partial charge is 0.254 e. The zero-order valence-electron chi connectivity index (χ0n) is 16.0. The molecule has 1 aliphatic carbocycles. The molecule has 0 saturated heterocycles. The summed E-state index contributed by atoms with van der Waals surface area (Å²) in [7, 11) is 0. The lowest BCUT2D eigenvalue weighted by Crippen LogP contribution is -2.47. The summed E-state index contributed by atoms with van der Waals surface area (Å²) in [5.74, 6) is -1.23. The molecule has 2 aromatic carbocycles. The molecule has 2 N–H and O–H groups in total. The third kappa shape index (κ3) is 3.31. The Balaban J connectivity index is 1.70. The largest absolute Gasteiger partial charge is 0.289 e. The van der Waals surface area contributed by atoms with Gasteiger partial charge in [0.1, 0.15) is 11.6 Å². The molecule has 4 rings (SSSR count). The van der Waals surface area contributed by atoms with Gasteiger partial charge in [-0.25, -0.2) is 14.3 Å². The minimum Gasteiger partial charge on any atom is -0.289 e. The third-order valence-electron chi connectivity index (χ3n) is 5.88. The van der Waals surface area contributed by atoms with Gasteiger partial charge in [-0.15, -0.1) is 0 Å². The summed E-state index contributed by atoms with van der Waals surface area (Å²) < 4.78 is 29.2. The summed E-state index contributed by atoms with van der Waals surface area (Å²) in [6, 6.07) is 10.9. The average molecular weight is 397 g/mol. The van der Waals surface area contributed by atoms with Gasteiger partial charge in [-0.3, -0.25) is 14.7 Å². The van der Waals surface area contributed by atoms with E-state index < -0.39 is 11.3 Å². The fourth-order valence-electron chi connectivity index (χ4n) is 4.31. The fraction of sp³-hybridized carbons (Fsp3) is 0.273. The first-order valence-electron chi connectivity index (χ1n) is 9.43. The monoisotopic (exact) mass is 397 g/mol.